The van der Waals surface area contributed by atoms with Gasteiger partial charge < -0.3 is 19.8 Å². The Labute approximate surface area is 209 Å². The van der Waals surface area contributed by atoms with Gasteiger partial charge in [-0.25, -0.2) is 0 Å². The number of morpholine rings is 1. The summed E-state index contributed by atoms with van der Waals surface area (Å²) >= 11 is 0. The molecule has 1 saturated carbocycles. The summed E-state index contributed by atoms with van der Waals surface area (Å²) in [5, 5.41) is 6.01. The molecule has 2 fully saturated rings. The Balaban J connectivity index is 1.59. The molecule has 0 bridgehead atoms. The van der Waals surface area contributed by atoms with Gasteiger partial charge >= 0.3 is 0 Å². The first kappa shape index (κ1) is 27.1. The second kappa shape index (κ2) is 12.0. The molecule has 8 nitrogen and oxygen atoms in total. The predicted molar refractivity (Wildman–Crippen MR) is 137 cm³/mol. The van der Waals surface area contributed by atoms with E-state index in [-0.39, 0.29) is 23.6 Å². The standard InChI is InChI=1S/C27H42N4O4/c1-7-23(24(28-6)26(33)29-20-10-8-19(9-11-20)27(3,4)5)30-25(32)22-16-21(35-18(22)2)17-31-12-14-34-15-13-31/h7,16,19-20H,8-15,17H2,1-6H3,(H,29,33)(H,30,32)/b23-7+,28-24+. The van der Waals surface area contributed by atoms with E-state index in [1.54, 1.807) is 33.0 Å². The van der Waals surface area contributed by atoms with Gasteiger partial charge in [-0.2, -0.15) is 0 Å². The molecule has 1 aliphatic carbocycles. The third-order valence-electron chi connectivity index (χ3n) is 7.21. The van der Waals surface area contributed by atoms with Gasteiger partial charge in [-0.1, -0.05) is 26.8 Å². The number of carbonyl (C=O) groups excluding carboxylic acids is 2. The molecule has 1 aliphatic heterocycles. The van der Waals surface area contributed by atoms with Crippen LogP contribution in [-0.2, 0) is 16.1 Å². The predicted octanol–water partition coefficient (Wildman–Crippen LogP) is 3.85. The number of ether oxygens (including phenoxy) is 1. The van der Waals surface area contributed by atoms with Crippen LogP contribution in [-0.4, -0.2) is 61.8 Å². The van der Waals surface area contributed by atoms with Crippen LogP contribution >= 0.6 is 0 Å². The first-order chi connectivity index (χ1) is 16.6. The number of aliphatic imine (C=N–C) groups is 1. The van der Waals surface area contributed by atoms with Crippen molar-refractivity contribution in [2.75, 3.05) is 33.4 Å². The summed E-state index contributed by atoms with van der Waals surface area (Å²) in [5.41, 5.74) is 1.38. The minimum Gasteiger partial charge on any atom is -0.464 e. The van der Waals surface area contributed by atoms with E-state index in [1.807, 2.05) is 0 Å². The van der Waals surface area contributed by atoms with Gasteiger partial charge in [-0.3, -0.25) is 19.5 Å². The number of furan rings is 1. The van der Waals surface area contributed by atoms with Crippen molar-refractivity contribution in [3.63, 3.8) is 0 Å². The number of hydrogen-bond donors (Lipinski definition) is 2. The summed E-state index contributed by atoms with van der Waals surface area (Å²) in [6.45, 7) is 14.1. The summed E-state index contributed by atoms with van der Waals surface area (Å²) < 4.78 is 11.2. The molecule has 2 aliphatic rings. The fraction of sp³-hybridized carbons (Fsp3) is 0.667. The number of nitrogens with one attached hydrogen (secondary N) is 2. The summed E-state index contributed by atoms with van der Waals surface area (Å²) in [4.78, 5) is 32.6. The molecular weight excluding hydrogens is 444 g/mol. The zero-order valence-corrected chi connectivity index (χ0v) is 22.2. The average molecular weight is 487 g/mol. The Morgan fingerprint density at radius 1 is 1.17 bits per heavy atom. The molecule has 1 saturated heterocycles. The molecule has 0 radical (unpaired) electrons. The molecule has 1 aromatic rings. The molecule has 2 amide bonds. The number of hydrogen-bond acceptors (Lipinski definition) is 6. The lowest BCUT2D eigenvalue weighted by atomic mass is 9.71. The molecule has 0 atom stereocenters. The van der Waals surface area contributed by atoms with Crippen LogP contribution in [0, 0.1) is 18.3 Å². The quantitative estimate of drug-likeness (QED) is 0.571. The van der Waals surface area contributed by atoms with E-state index < -0.39 is 0 Å². The van der Waals surface area contributed by atoms with Crippen molar-refractivity contribution in [2.45, 2.75) is 72.9 Å². The monoisotopic (exact) mass is 486 g/mol. The summed E-state index contributed by atoms with van der Waals surface area (Å²) in [7, 11) is 1.57. The highest BCUT2D eigenvalue weighted by molar-refractivity contribution is 6.45. The number of rotatable bonds is 7. The Bertz CT molecular complexity index is 943. The van der Waals surface area contributed by atoms with Gasteiger partial charge in [0.2, 0.25) is 0 Å². The fourth-order valence-corrected chi connectivity index (χ4v) is 4.99. The Morgan fingerprint density at radius 2 is 1.83 bits per heavy atom. The lowest BCUT2D eigenvalue weighted by molar-refractivity contribution is -0.115. The van der Waals surface area contributed by atoms with Crippen LogP contribution in [0.2, 0.25) is 0 Å². The van der Waals surface area contributed by atoms with Crippen molar-refractivity contribution in [1.82, 2.24) is 15.5 Å². The van der Waals surface area contributed by atoms with Crippen molar-refractivity contribution in [3.8, 4) is 0 Å². The minimum atomic E-state index is -0.313. The zero-order chi connectivity index (χ0) is 25.6. The molecule has 0 spiro atoms. The van der Waals surface area contributed by atoms with Gasteiger partial charge in [-0.05, 0) is 56.9 Å². The highest BCUT2D eigenvalue weighted by Gasteiger charge is 2.31. The molecule has 2 N–H and O–H groups in total. The highest BCUT2D eigenvalue weighted by Crippen LogP contribution is 2.37. The number of allylic oxidation sites excluding steroid dienone is 1. The number of aryl methyl sites for hydroxylation is 1. The fourth-order valence-electron chi connectivity index (χ4n) is 4.99. The van der Waals surface area contributed by atoms with E-state index in [0.717, 1.165) is 44.5 Å². The molecular formula is C27H42N4O4. The number of nitrogens with zero attached hydrogens (tertiary/aromatic N) is 2. The van der Waals surface area contributed by atoms with Gasteiger partial charge in [0.05, 0.1) is 31.0 Å². The van der Waals surface area contributed by atoms with Gasteiger partial charge in [0.15, 0.2) is 0 Å². The van der Waals surface area contributed by atoms with E-state index in [2.05, 4.69) is 41.3 Å². The van der Waals surface area contributed by atoms with Crippen molar-refractivity contribution < 1.29 is 18.7 Å². The van der Waals surface area contributed by atoms with Crippen LogP contribution < -0.4 is 10.6 Å². The SMILES string of the molecule is C/C=C(NC(=O)c1cc(CN2CCOCC2)oc1C)\C(=N/C)C(=O)NC1CCC(C(C)(C)C)CC1. The maximum atomic E-state index is 13.1. The van der Waals surface area contributed by atoms with Crippen LogP contribution in [0.25, 0.3) is 0 Å². The maximum absolute atomic E-state index is 13.1. The normalized spacial score (nSPS) is 22.7. The van der Waals surface area contributed by atoms with Crippen LogP contribution in [0.15, 0.2) is 27.2 Å². The maximum Gasteiger partial charge on any atom is 0.271 e. The summed E-state index contributed by atoms with van der Waals surface area (Å²) in [6, 6.07) is 1.91. The molecule has 35 heavy (non-hydrogen) atoms. The van der Waals surface area contributed by atoms with E-state index >= 15 is 0 Å². The molecule has 1 aromatic heterocycles. The first-order valence-electron chi connectivity index (χ1n) is 12.8. The van der Waals surface area contributed by atoms with E-state index in [0.29, 0.717) is 48.1 Å². The molecule has 2 heterocycles. The van der Waals surface area contributed by atoms with E-state index in [1.165, 1.54) is 0 Å². The minimum absolute atomic E-state index is 0.130. The topological polar surface area (TPSA) is 96.2 Å². The van der Waals surface area contributed by atoms with Crippen LogP contribution in [0.1, 0.15) is 75.3 Å². The highest BCUT2D eigenvalue weighted by atomic mass is 16.5. The lowest BCUT2D eigenvalue weighted by Crippen LogP contribution is -2.44. The molecule has 0 unspecified atom stereocenters. The van der Waals surface area contributed by atoms with Gasteiger partial charge in [0.25, 0.3) is 11.8 Å². The van der Waals surface area contributed by atoms with Crippen LogP contribution in [0.5, 0.6) is 0 Å². The second-order valence-corrected chi connectivity index (χ2v) is 10.7. The Kier molecular flexibility index (Phi) is 9.30. The van der Waals surface area contributed by atoms with Crippen molar-refractivity contribution in [2.24, 2.45) is 16.3 Å². The molecule has 3 rings (SSSR count). The zero-order valence-electron chi connectivity index (χ0n) is 22.2. The third kappa shape index (κ3) is 7.27. The molecule has 8 heteroatoms. The number of carbonyl (C=O) groups is 2. The van der Waals surface area contributed by atoms with Crippen molar-refractivity contribution >= 4 is 17.5 Å². The summed E-state index contributed by atoms with van der Waals surface area (Å²) in [6.07, 6.45) is 5.84. The van der Waals surface area contributed by atoms with E-state index in [4.69, 9.17) is 9.15 Å². The van der Waals surface area contributed by atoms with Crippen LogP contribution in [0.3, 0.4) is 0 Å². The van der Waals surface area contributed by atoms with Crippen LogP contribution in [0.4, 0.5) is 0 Å². The lowest BCUT2D eigenvalue weighted by Gasteiger charge is -2.37. The third-order valence-corrected chi connectivity index (χ3v) is 7.21. The van der Waals surface area contributed by atoms with E-state index in [9.17, 15) is 9.59 Å². The van der Waals surface area contributed by atoms with Crippen molar-refractivity contribution in [3.05, 3.63) is 34.9 Å². The first-order valence-corrected chi connectivity index (χ1v) is 12.8. The largest absolute Gasteiger partial charge is 0.464 e. The van der Waals surface area contributed by atoms with Gasteiger partial charge in [0, 0.05) is 26.2 Å². The Hall–Kier alpha value is -2.45. The summed E-state index contributed by atoms with van der Waals surface area (Å²) in [5.74, 6) is 1.40. The van der Waals surface area contributed by atoms with Gasteiger partial charge in [0.1, 0.15) is 17.2 Å². The Morgan fingerprint density at radius 3 is 2.40 bits per heavy atom. The molecule has 194 valence electrons. The average Bonchev–Trinajstić information content (AvgIpc) is 3.19. The second-order valence-electron chi connectivity index (χ2n) is 10.7. The van der Waals surface area contributed by atoms with Crippen molar-refractivity contribution in [1.29, 1.82) is 0 Å². The van der Waals surface area contributed by atoms with Gasteiger partial charge in [-0.15, -0.1) is 0 Å². The molecule has 0 aromatic carbocycles. The smallest absolute Gasteiger partial charge is 0.271 e. The number of amides is 2.